The zero-order valence-electron chi connectivity index (χ0n) is 10.2. The molecule has 0 aromatic rings. The second-order valence-electron chi connectivity index (χ2n) is 4.59. The molecule has 0 radical (unpaired) electrons. The lowest BCUT2D eigenvalue weighted by molar-refractivity contribution is -0.0171. The van der Waals surface area contributed by atoms with E-state index in [0.717, 1.165) is 19.3 Å². The van der Waals surface area contributed by atoms with Crippen molar-refractivity contribution in [1.29, 1.82) is 0 Å². The van der Waals surface area contributed by atoms with Gasteiger partial charge >= 0.3 is 0 Å². The van der Waals surface area contributed by atoms with E-state index in [4.69, 9.17) is 5.11 Å². The van der Waals surface area contributed by atoms with Gasteiger partial charge in [0.05, 0.1) is 12.2 Å². The van der Waals surface area contributed by atoms with E-state index in [2.05, 4.69) is 0 Å². The molecule has 0 bridgehead atoms. The number of unbranched alkanes of at least 4 members (excludes halogenated alkanes) is 1. The Morgan fingerprint density at radius 1 is 1.07 bits per heavy atom. The van der Waals surface area contributed by atoms with E-state index < -0.39 is 12.2 Å². The molecule has 0 amide bonds. The first kappa shape index (κ1) is 14.9. The quantitative estimate of drug-likeness (QED) is 0.542. The van der Waals surface area contributed by atoms with Crippen molar-refractivity contribution in [3.63, 3.8) is 0 Å². The second-order valence-corrected chi connectivity index (χ2v) is 4.59. The number of rotatable bonds is 8. The summed E-state index contributed by atoms with van der Waals surface area (Å²) < 4.78 is 0. The Kier molecular flexibility index (Phi) is 8.02. The van der Waals surface area contributed by atoms with Crippen LogP contribution in [0.1, 0.15) is 46.5 Å². The van der Waals surface area contributed by atoms with Gasteiger partial charge < -0.3 is 15.3 Å². The highest BCUT2D eigenvalue weighted by Gasteiger charge is 2.26. The molecular weight excluding hydrogens is 192 g/mol. The summed E-state index contributed by atoms with van der Waals surface area (Å²) in [4.78, 5) is 0. The second kappa shape index (κ2) is 8.08. The van der Waals surface area contributed by atoms with Crippen LogP contribution in [0.3, 0.4) is 0 Å². The largest absolute Gasteiger partial charge is 0.396 e. The Labute approximate surface area is 93.1 Å². The van der Waals surface area contributed by atoms with Gasteiger partial charge in [0.2, 0.25) is 0 Å². The average Bonchev–Trinajstić information content (AvgIpc) is 2.19. The van der Waals surface area contributed by atoms with Gasteiger partial charge in [-0.1, -0.05) is 20.8 Å². The fourth-order valence-corrected chi connectivity index (χ4v) is 1.91. The third-order valence-corrected chi connectivity index (χ3v) is 3.00. The Morgan fingerprint density at radius 2 is 1.67 bits per heavy atom. The summed E-state index contributed by atoms with van der Waals surface area (Å²) in [5.74, 6) is 0.145. The summed E-state index contributed by atoms with van der Waals surface area (Å²) in [6.45, 7) is 6.10. The molecule has 0 saturated heterocycles. The van der Waals surface area contributed by atoms with Crippen molar-refractivity contribution < 1.29 is 15.3 Å². The summed E-state index contributed by atoms with van der Waals surface area (Å²) in [5, 5.41) is 28.5. The predicted octanol–water partition coefficient (Wildman–Crippen LogP) is 1.55. The zero-order valence-corrected chi connectivity index (χ0v) is 10.2. The summed E-state index contributed by atoms with van der Waals surface area (Å²) in [7, 11) is 0. The molecule has 3 heteroatoms. The fourth-order valence-electron chi connectivity index (χ4n) is 1.91. The van der Waals surface area contributed by atoms with Gasteiger partial charge in [0.1, 0.15) is 0 Å². The lowest BCUT2D eigenvalue weighted by Crippen LogP contribution is -2.34. The van der Waals surface area contributed by atoms with Crippen LogP contribution in [0.2, 0.25) is 0 Å². The van der Waals surface area contributed by atoms with Gasteiger partial charge in [-0.15, -0.1) is 0 Å². The lowest BCUT2D eigenvalue weighted by atomic mass is 9.85. The van der Waals surface area contributed by atoms with Gasteiger partial charge in [0.25, 0.3) is 0 Å². The molecule has 3 N–H and O–H groups in total. The van der Waals surface area contributed by atoms with Crippen LogP contribution in [-0.2, 0) is 0 Å². The maximum absolute atomic E-state index is 9.91. The van der Waals surface area contributed by atoms with Crippen LogP contribution in [0, 0.1) is 11.8 Å². The number of hydrogen-bond donors (Lipinski definition) is 3. The van der Waals surface area contributed by atoms with Gasteiger partial charge in [-0.25, -0.2) is 0 Å². The van der Waals surface area contributed by atoms with E-state index in [1.54, 1.807) is 0 Å². The van der Waals surface area contributed by atoms with Crippen molar-refractivity contribution in [3.8, 4) is 0 Å². The van der Waals surface area contributed by atoms with Crippen molar-refractivity contribution in [3.05, 3.63) is 0 Å². The summed E-state index contributed by atoms with van der Waals surface area (Å²) in [5.41, 5.74) is 0. The average molecular weight is 218 g/mol. The highest BCUT2D eigenvalue weighted by molar-refractivity contribution is 4.77. The molecule has 15 heavy (non-hydrogen) atoms. The Bertz CT molecular complexity index is 148. The number of hydrogen-bond acceptors (Lipinski definition) is 3. The lowest BCUT2D eigenvalue weighted by Gasteiger charge is -2.29. The molecule has 0 fully saturated rings. The zero-order chi connectivity index (χ0) is 11.8. The van der Waals surface area contributed by atoms with Crippen molar-refractivity contribution in [2.75, 3.05) is 6.61 Å². The molecule has 0 aliphatic carbocycles. The summed E-state index contributed by atoms with van der Waals surface area (Å²) in [6, 6.07) is 0. The minimum atomic E-state index is -0.445. The molecule has 0 aliphatic heterocycles. The maximum Gasteiger partial charge on any atom is 0.0615 e. The van der Waals surface area contributed by atoms with Crippen molar-refractivity contribution in [2.45, 2.75) is 58.7 Å². The van der Waals surface area contributed by atoms with Gasteiger partial charge in [0, 0.05) is 12.5 Å². The van der Waals surface area contributed by atoms with Gasteiger partial charge in [-0.3, -0.25) is 0 Å². The van der Waals surface area contributed by atoms with Crippen LogP contribution >= 0.6 is 0 Å². The molecular formula is C12H26O3. The predicted molar refractivity (Wildman–Crippen MR) is 61.6 cm³/mol. The van der Waals surface area contributed by atoms with Gasteiger partial charge in [-0.2, -0.15) is 0 Å². The molecule has 0 heterocycles. The van der Waals surface area contributed by atoms with Crippen LogP contribution in [-0.4, -0.2) is 34.1 Å². The molecule has 0 aromatic carbocycles. The van der Waals surface area contributed by atoms with Crippen molar-refractivity contribution in [2.24, 2.45) is 11.8 Å². The van der Waals surface area contributed by atoms with E-state index >= 15 is 0 Å². The maximum atomic E-state index is 9.91. The van der Waals surface area contributed by atoms with E-state index in [9.17, 15) is 10.2 Å². The van der Waals surface area contributed by atoms with Crippen LogP contribution in [0.15, 0.2) is 0 Å². The molecule has 0 rings (SSSR count). The molecule has 0 aliphatic rings. The minimum Gasteiger partial charge on any atom is -0.396 e. The molecule has 3 unspecified atom stereocenters. The third-order valence-electron chi connectivity index (χ3n) is 3.00. The number of aliphatic hydroxyl groups excluding tert-OH is 3. The first-order valence-electron chi connectivity index (χ1n) is 6.01. The summed E-state index contributed by atoms with van der Waals surface area (Å²) >= 11 is 0. The van der Waals surface area contributed by atoms with E-state index in [1.165, 1.54) is 0 Å². The molecule has 0 aromatic heterocycles. The minimum absolute atomic E-state index is 0.0382. The first-order chi connectivity index (χ1) is 7.04. The number of aliphatic hydroxyl groups is 3. The monoisotopic (exact) mass is 218 g/mol. The van der Waals surface area contributed by atoms with E-state index in [-0.39, 0.29) is 18.4 Å². The molecule has 3 atom stereocenters. The van der Waals surface area contributed by atoms with Crippen LogP contribution in [0.4, 0.5) is 0 Å². The normalized spacial score (nSPS) is 17.8. The van der Waals surface area contributed by atoms with Crippen molar-refractivity contribution in [1.82, 2.24) is 0 Å². The van der Waals surface area contributed by atoms with Crippen molar-refractivity contribution >= 4 is 0 Å². The third kappa shape index (κ3) is 5.50. The van der Waals surface area contributed by atoms with Crippen LogP contribution in [0.5, 0.6) is 0 Å². The molecule has 0 spiro atoms. The Balaban J connectivity index is 4.03. The standard InChI is InChI=1S/C12H26O3/c1-4-10(12(15)9(2)3)11(14)7-5-6-8-13/h9-15H,4-8H2,1-3H3. The van der Waals surface area contributed by atoms with Gasteiger partial charge in [-0.05, 0) is 31.6 Å². The smallest absolute Gasteiger partial charge is 0.0615 e. The Morgan fingerprint density at radius 3 is 2.07 bits per heavy atom. The molecule has 3 nitrogen and oxygen atoms in total. The van der Waals surface area contributed by atoms with Crippen LogP contribution in [0.25, 0.3) is 0 Å². The topological polar surface area (TPSA) is 60.7 Å². The van der Waals surface area contributed by atoms with Gasteiger partial charge in [0.15, 0.2) is 0 Å². The molecule has 0 saturated carbocycles. The van der Waals surface area contributed by atoms with E-state index in [1.807, 2.05) is 20.8 Å². The SMILES string of the molecule is CCC(C(O)CCCCO)C(O)C(C)C. The first-order valence-corrected chi connectivity index (χ1v) is 6.01. The van der Waals surface area contributed by atoms with Crippen LogP contribution < -0.4 is 0 Å². The summed E-state index contributed by atoms with van der Waals surface area (Å²) in [6.07, 6.45) is 2.13. The molecule has 92 valence electrons. The fraction of sp³-hybridized carbons (Fsp3) is 1.00. The highest BCUT2D eigenvalue weighted by Crippen LogP contribution is 2.22. The Hall–Kier alpha value is -0.120. The highest BCUT2D eigenvalue weighted by atomic mass is 16.3. The van der Waals surface area contributed by atoms with E-state index in [0.29, 0.717) is 6.42 Å².